The van der Waals surface area contributed by atoms with Gasteiger partial charge in [-0.3, -0.25) is 4.79 Å². The molecule has 0 spiro atoms. The molecule has 2 aromatic rings. The van der Waals surface area contributed by atoms with Gasteiger partial charge in [-0.05, 0) is 36.2 Å². The van der Waals surface area contributed by atoms with Crippen molar-refractivity contribution >= 4 is 29.2 Å². The van der Waals surface area contributed by atoms with Gasteiger partial charge in [0.05, 0.1) is 11.3 Å². The Morgan fingerprint density at radius 2 is 1.95 bits per heavy atom. The van der Waals surface area contributed by atoms with Crippen LogP contribution in [-0.2, 0) is 6.42 Å². The van der Waals surface area contributed by atoms with Crippen molar-refractivity contribution in [3.8, 4) is 0 Å². The number of rotatable bonds is 2. The molecule has 2 aromatic carbocycles. The smallest absolute Gasteiger partial charge is 0.337 e. The number of benzene rings is 2. The Labute approximate surface area is 126 Å². The summed E-state index contributed by atoms with van der Waals surface area (Å²) in [5.41, 5.74) is 2.03. The Hall–Kier alpha value is -2.33. The van der Waals surface area contributed by atoms with E-state index in [2.05, 4.69) is 0 Å². The fourth-order valence-electron chi connectivity index (χ4n) is 2.57. The van der Waals surface area contributed by atoms with Crippen molar-refractivity contribution in [1.29, 1.82) is 0 Å². The number of carbonyl (C=O) groups excluding carboxylic acids is 1. The highest BCUT2D eigenvalue weighted by Crippen LogP contribution is 2.29. The third-order valence-electron chi connectivity index (χ3n) is 3.58. The highest BCUT2D eigenvalue weighted by molar-refractivity contribution is 6.31. The van der Waals surface area contributed by atoms with E-state index in [1.165, 1.54) is 11.0 Å². The van der Waals surface area contributed by atoms with Gasteiger partial charge < -0.3 is 10.0 Å². The largest absolute Gasteiger partial charge is 0.478 e. The maximum atomic E-state index is 12.6. The summed E-state index contributed by atoms with van der Waals surface area (Å²) in [6.07, 6.45) is 0.698. The maximum absolute atomic E-state index is 12.6. The molecule has 21 heavy (non-hydrogen) atoms. The van der Waals surface area contributed by atoms with E-state index in [-0.39, 0.29) is 11.5 Å². The van der Waals surface area contributed by atoms with E-state index < -0.39 is 5.97 Å². The average Bonchev–Trinajstić information content (AvgIpc) is 2.48. The highest BCUT2D eigenvalue weighted by Gasteiger charge is 2.28. The first-order chi connectivity index (χ1) is 10.1. The van der Waals surface area contributed by atoms with Crippen molar-refractivity contribution in [3.63, 3.8) is 0 Å². The minimum Gasteiger partial charge on any atom is -0.478 e. The summed E-state index contributed by atoms with van der Waals surface area (Å²) in [4.78, 5) is 25.5. The third kappa shape index (κ3) is 2.38. The lowest BCUT2D eigenvalue weighted by molar-refractivity contribution is 0.0697. The summed E-state index contributed by atoms with van der Waals surface area (Å²) in [6, 6.07) is 11.9. The fraction of sp³-hybridized carbons (Fsp3) is 0.125. The first-order valence-electron chi connectivity index (χ1n) is 6.50. The quantitative estimate of drug-likeness (QED) is 0.926. The third-order valence-corrected chi connectivity index (χ3v) is 3.81. The molecule has 0 atom stereocenters. The van der Waals surface area contributed by atoms with E-state index in [1.807, 2.05) is 12.1 Å². The van der Waals surface area contributed by atoms with E-state index in [9.17, 15) is 14.7 Å². The number of carbonyl (C=O) groups is 2. The van der Waals surface area contributed by atoms with Crippen molar-refractivity contribution in [3.05, 3.63) is 64.2 Å². The molecule has 0 radical (unpaired) electrons. The van der Waals surface area contributed by atoms with E-state index in [0.29, 0.717) is 29.2 Å². The van der Waals surface area contributed by atoms with Gasteiger partial charge in [-0.1, -0.05) is 29.8 Å². The molecule has 1 heterocycles. The zero-order valence-corrected chi connectivity index (χ0v) is 11.8. The van der Waals surface area contributed by atoms with Crippen LogP contribution in [0.2, 0.25) is 5.02 Å². The number of amides is 1. The molecule has 0 bridgehead atoms. The van der Waals surface area contributed by atoms with Crippen LogP contribution in [0.3, 0.4) is 0 Å². The van der Waals surface area contributed by atoms with Crippen LogP contribution in [0.5, 0.6) is 0 Å². The summed E-state index contributed by atoms with van der Waals surface area (Å²) >= 11 is 5.85. The normalized spacial score (nSPS) is 14.0. The minimum atomic E-state index is -1.10. The Balaban J connectivity index is 2.07. The van der Waals surface area contributed by atoms with Crippen LogP contribution >= 0.6 is 11.6 Å². The second kappa shape index (κ2) is 5.22. The van der Waals surface area contributed by atoms with Gasteiger partial charge in [0.25, 0.3) is 5.91 Å². The van der Waals surface area contributed by atoms with Crippen molar-refractivity contribution < 1.29 is 14.7 Å². The summed E-state index contributed by atoms with van der Waals surface area (Å²) in [5.74, 6) is -1.28. The number of hydrogen-bond donors (Lipinski definition) is 1. The van der Waals surface area contributed by atoms with Crippen LogP contribution in [0, 0.1) is 0 Å². The van der Waals surface area contributed by atoms with Crippen LogP contribution in [0.15, 0.2) is 42.5 Å². The molecule has 0 unspecified atom stereocenters. The fourth-order valence-corrected chi connectivity index (χ4v) is 2.74. The van der Waals surface area contributed by atoms with Crippen LogP contribution < -0.4 is 4.90 Å². The topological polar surface area (TPSA) is 57.6 Å². The molecular formula is C16H12ClNO3. The van der Waals surface area contributed by atoms with Gasteiger partial charge in [-0.15, -0.1) is 0 Å². The zero-order valence-electron chi connectivity index (χ0n) is 11.0. The molecule has 106 valence electrons. The lowest BCUT2D eigenvalue weighted by atomic mass is 9.98. The van der Waals surface area contributed by atoms with Crippen molar-refractivity contribution in [2.75, 3.05) is 11.4 Å². The summed E-state index contributed by atoms with van der Waals surface area (Å²) in [6.45, 7) is 0.456. The number of anilines is 1. The molecule has 1 N–H and O–H groups in total. The monoisotopic (exact) mass is 301 g/mol. The van der Waals surface area contributed by atoms with Gasteiger partial charge in [0.1, 0.15) is 0 Å². The standard InChI is InChI=1S/C16H12ClNO3/c17-11-5-6-14(13(9-11)16(20)21)18-8-7-10-3-1-2-4-12(10)15(18)19/h1-6,9H,7-8H2,(H,20,21). The summed E-state index contributed by atoms with van der Waals surface area (Å²) in [7, 11) is 0. The minimum absolute atomic E-state index is 0.0373. The van der Waals surface area contributed by atoms with E-state index in [0.717, 1.165) is 5.56 Å². The average molecular weight is 302 g/mol. The molecule has 0 fully saturated rings. The first-order valence-corrected chi connectivity index (χ1v) is 6.88. The number of carboxylic acids is 1. The molecule has 0 aromatic heterocycles. The van der Waals surface area contributed by atoms with Gasteiger partial charge in [0.15, 0.2) is 0 Å². The lowest BCUT2D eigenvalue weighted by Gasteiger charge is -2.29. The molecular weight excluding hydrogens is 290 g/mol. The molecule has 0 saturated carbocycles. The highest BCUT2D eigenvalue weighted by atomic mass is 35.5. The maximum Gasteiger partial charge on any atom is 0.337 e. The number of halogens is 1. The molecule has 0 saturated heterocycles. The first kappa shape index (κ1) is 13.6. The molecule has 4 nitrogen and oxygen atoms in total. The number of carboxylic acid groups (broad SMARTS) is 1. The van der Waals surface area contributed by atoms with Gasteiger partial charge in [-0.2, -0.15) is 0 Å². The Kier molecular flexibility index (Phi) is 3.39. The van der Waals surface area contributed by atoms with Crippen molar-refractivity contribution in [2.24, 2.45) is 0 Å². The van der Waals surface area contributed by atoms with Crippen LogP contribution in [0.25, 0.3) is 0 Å². The van der Waals surface area contributed by atoms with E-state index in [1.54, 1.807) is 24.3 Å². The Bertz CT molecular complexity index is 742. The van der Waals surface area contributed by atoms with Crippen LogP contribution in [-0.4, -0.2) is 23.5 Å². The summed E-state index contributed by atoms with van der Waals surface area (Å²) < 4.78 is 0. The Morgan fingerprint density at radius 1 is 1.19 bits per heavy atom. The van der Waals surface area contributed by atoms with E-state index in [4.69, 9.17) is 11.6 Å². The van der Waals surface area contributed by atoms with Gasteiger partial charge in [0.2, 0.25) is 0 Å². The van der Waals surface area contributed by atoms with Crippen LogP contribution in [0.1, 0.15) is 26.3 Å². The Morgan fingerprint density at radius 3 is 2.71 bits per heavy atom. The second-order valence-electron chi connectivity index (χ2n) is 4.83. The van der Waals surface area contributed by atoms with Crippen molar-refractivity contribution in [1.82, 2.24) is 0 Å². The molecule has 0 aliphatic carbocycles. The zero-order chi connectivity index (χ0) is 15.0. The second-order valence-corrected chi connectivity index (χ2v) is 5.27. The molecule has 1 aliphatic heterocycles. The molecule has 5 heteroatoms. The number of nitrogens with zero attached hydrogens (tertiary/aromatic N) is 1. The molecule has 3 rings (SSSR count). The predicted octanol–water partition coefficient (Wildman–Crippen LogP) is 3.24. The number of fused-ring (bicyclic) bond motifs is 1. The predicted molar refractivity (Wildman–Crippen MR) is 80.2 cm³/mol. The molecule has 1 amide bonds. The molecule has 1 aliphatic rings. The SMILES string of the molecule is O=C(O)c1cc(Cl)ccc1N1CCc2ccccc2C1=O. The van der Waals surface area contributed by atoms with Crippen LogP contribution in [0.4, 0.5) is 5.69 Å². The number of aromatic carboxylic acids is 1. The summed E-state index contributed by atoms with van der Waals surface area (Å²) in [5, 5.41) is 9.64. The van der Waals surface area contributed by atoms with Gasteiger partial charge in [-0.25, -0.2) is 4.79 Å². The van der Waals surface area contributed by atoms with E-state index >= 15 is 0 Å². The lowest BCUT2D eigenvalue weighted by Crippen LogP contribution is -2.38. The van der Waals surface area contributed by atoms with Gasteiger partial charge in [0, 0.05) is 17.1 Å². The van der Waals surface area contributed by atoms with Gasteiger partial charge >= 0.3 is 5.97 Å². The van der Waals surface area contributed by atoms with Crippen molar-refractivity contribution in [2.45, 2.75) is 6.42 Å². The number of hydrogen-bond acceptors (Lipinski definition) is 2.